The maximum Gasteiger partial charge on any atom is 0.306 e. The summed E-state index contributed by atoms with van der Waals surface area (Å²) >= 11 is 0. The van der Waals surface area contributed by atoms with Gasteiger partial charge in [0.2, 0.25) is 10.0 Å². The van der Waals surface area contributed by atoms with Gasteiger partial charge in [-0.1, -0.05) is 0 Å². The van der Waals surface area contributed by atoms with Crippen molar-refractivity contribution in [3.05, 3.63) is 24.0 Å². The van der Waals surface area contributed by atoms with Gasteiger partial charge in [-0.15, -0.1) is 0 Å². The van der Waals surface area contributed by atoms with E-state index in [1.54, 1.807) is 0 Å². The van der Waals surface area contributed by atoms with E-state index in [4.69, 9.17) is 10.2 Å². The molecule has 0 radical (unpaired) electrons. The normalized spacial score (nSPS) is 22.7. The molecule has 1 aliphatic carbocycles. The number of nitrogens with one attached hydrogen (secondary N) is 1. The fraction of sp³-hybridized carbons (Fsp3) is 0.417. The number of carboxylic acids is 1. The molecule has 2 atom stereocenters. The number of halogens is 1. The highest BCUT2D eigenvalue weighted by Crippen LogP contribution is 2.29. The van der Waals surface area contributed by atoms with Gasteiger partial charge >= 0.3 is 5.97 Å². The topological polar surface area (TPSA) is 109 Å². The van der Waals surface area contributed by atoms with Gasteiger partial charge < -0.3 is 10.4 Å². The van der Waals surface area contributed by atoms with Crippen LogP contribution in [0.5, 0.6) is 0 Å². The van der Waals surface area contributed by atoms with Crippen molar-refractivity contribution in [2.45, 2.75) is 30.2 Å². The second kappa shape index (κ2) is 5.37. The van der Waals surface area contributed by atoms with Crippen LogP contribution in [0.3, 0.4) is 0 Å². The predicted molar refractivity (Wildman–Crippen MR) is 70.2 cm³/mol. The van der Waals surface area contributed by atoms with Crippen molar-refractivity contribution >= 4 is 21.7 Å². The number of benzene rings is 1. The van der Waals surface area contributed by atoms with Gasteiger partial charge in [-0.05, 0) is 37.5 Å². The number of rotatable bonds is 4. The van der Waals surface area contributed by atoms with Crippen molar-refractivity contribution in [3.63, 3.8) is 0 Å². The third-order valence-corrected chi connectivity index (χ3v) is 4.32. The molecule has 1 aromatic rings. The van der Waals surface area contributed by atoms with E-state index in [9.17, 15) is 17.6 Å². The molecule has 4 N–H and O–H groups in total. The summed E-state index contributed by atoms with van der Waals surface area (Å²) in [4.78, 5) is 10.5. The van der Waals surface area contributed by atoms with Crippen molar-refractivity contribution in [2.24, 2.45) is 11.1 Å². The number of nitrogens with two attached hydrogens (primary N) is 1. The van der Waals surface area contributed by atoms with Gasteiger partial charge in [-0.2, -0.15) is 0 Å². The molecular weight excluding hydrogens is 287 g/mol. The highest BCUT2D eigenvalue weighted by molar-refractivity contribution is 7.89. The van der Waals surface area contributed by atoms with Crippen LogP contribution in [0.2, 0.25) is 0 Å². The lowest BCUT2D eigenvalue weighted by Gasteiger charge is -2.15. The van der Waals surface area contributed by atoms with Gasteiger partial charge in [0.05, 0.1) is 16.5 Å². The lowest BCUT2D eigenvalue weighted by Crippen LogP contribution is -2.19. The van der Waals surface area contributed by atoms with E-state index in [1.165, 1.54) is 12.1 Å². The first kappa shape index (κ1) is 14.7. The first-order valence-corrected chi connectivity index (χ1v) is 7.63. The number of hydrogen-bond acceptors (Lipinski definition) is 4. The van der Waals surface area contributed by atoms with Crippen LogP contribution >= 0.6 is 0 Å². The second-order valence-electron chi connectivity index (χ2n) is 4.88. The molecule has 6 nitrogen and oxygen atoms in total. The third-order valence-electron chi connectivity index (χ3n) is 3.41. The molecule has 0 bridgehead atoms. The lowest BCUT2D eigenvalue weighted by atomic mass is 10.1. The Labute approximate surface area is 115 Å². The van der Waals surface area contributed by atoms with Gasteiger partial charge in [0.25, 0.3) is 0 Å². The lowest BCUT2D eigenvalue weighted by molar-refractivity contribution is -0.141. The minimum absolute atomic E-state index is 0.133. The van der Waals surface area contributed by atoms with Gasteiger partial charge in [-0.25, -0.2) is 17.9 Å². The number of primary sulfonamides is 1. The Kier molecular flexibility index (Phi) is 3.96. The molecule has 8 heteroatoms. The molecule has 2 rings (SSSR count). The highest BCUT2D eigenvalue weighted by Gasteiger charge is 2.30. The van der Waals surface area contributed by atoms with Crippen LogP contribution in [0.15, 0.2) is 23.1 Å². The average molecular weight is 302 g/mol. The van der Waals surface area contributed by atoms with Crippen LogP contribution < -0.4 is 10.5 Å². The van der Waals surface area contributed by atoms with E-state index in [0.29, 0.717) is 19.3 Å². The van der Waals surface area contributed by atoms with E-state index in [2.05, 4.69) is 5.32 Å². The van der Waals surface area contributed by atoms with Crippen molar-refractivity contribution in [3.8, 4) is 0 Å². The third kappa shape index (κ3) is 3.26. The van der Waals surface area contributed by atoms with E-state index in [0.717, 1.165) is 6.07 Å². The summed E-state index contributed by atoms with van der Waals surface area (Å²) in [6.07, 6.45) is 1.60. The second-order valence-corrected chi connectivity index (χ2v) is 6.44. The Hall–Kier alpha value is -1.67. The summed E-state index contributed by atoms with van der Waals surface area (Å²) in [7, 11) is -3.93. The highest BCUT2D eigenvalue weighted by atomic mass is 32.2. The van der Waals surface area contributed by atoms with Gasteiger partial charge in [0, 0.05) is 6.04 Å². The Morgan fingerprint density at radius 1 is 1.40 bits per heavy atom. The number of aliphatic carboxylic acids is 1. The predicted octanol–water partition coefficient (Wildman–Crippen LogP) is 1.14. The molecule has 1 saturated carbocycles. The van der Waals surface area contributed by atoms with E-state index < -0.39 is 27.7 Å². The summed E-state index contributed by atoms with van der Waals surface area (Å²) in [5, 5.41) is 16.7. The fourth-order valence-corrected chi connectivity index (χ4v) is 2.87. The van der Waals surface area contributed by atoms with Crippen LogP contribution in [0, 0.1) is 11.7 Å². The molecule has 1 fully saturated rings. The quantitative estimate of drug-likeness (QED) is 0.772. The molecule has 0 amide bonds. The molecule has 0 aliphatic heterocycles. The van der Waals surface area contributed by atoms with Gasteiger partial charge in [-0.3, -0.25) is 4.79 Å². The minimum Gasteiger partial charge on any atom is -0.481 e. The fourth-order valence-electron chi connectivity index (χ4n) is 2.35. The molecule has 110 valence electrons. The molecule has 1 aromatic carbocycles. The molecule has 1 aliphatic rings. The zero-order valence-electron chi connectivity index (χ0n) is 10.5. The molecular formula is C12H15FN2O4S. The van der Waals surface area contributed by atoms with Crippen LogP contribution in [-0.4, -0.2) is 25.5 Å². The number of hydrogen-bond donors (Lipinski definition) is 3. The summed E-state index contributed by atoms with van der Waals surface area (Å²) in [5.74, 6) is -1.99. The molecule has 20 heavy (non-hydrogen) atoms. The van der Waals surface area contributed by atoms with Crippen molar-refractivity contribution in [1.29, 1.82) is 0 Å². The summed E-state index contributed by atoms with van der Waals surface area (Å²) in [6.45, 7) is 0. The summed E-state index contributed by atoms with van der Waals surface area (Å²) in [6, 6.07) is 3.22. The molecule has 2 unspecified atom stereocenters. The molecule has 0 aromatic heterocycles. The average Bonchev–Trinajstić information content (AvgIpc) is 2.79. The standard InChI is InChI=1S/C12H15FN2O4S/c13-10-6-9(20(14,18)19)3-4-11(10)15-8-2-1-7(5-8)12(16)17/h3-4,6-8,15H,1-2,5H2,(H,16,17)(H2,14,18,19). The Morgan fingerprint density at radius 3 is 2.60 bits per heavy atom. The Bertz CT molecular complexity index is 632. The van der Waals surface area contributed by atoms with E-state index in [1.807, 2.05) is 0 Å². The van der Waals surface area contributed by atoms with Gasteiger partial charge in [0.15, 0.2) is 0 Å². The van der Waals surface area contributed by atoms with Gasteiger partial charge in [0.1, 0.15) is 5.82 Å². The number of anilines is 1. The summed E-state index contributed by atoms with van der Waals surface area (Å²) < 4.78 is 36.0. The van der Waals surface area contributed by atoms with Crippen molar-refractivity contribution < 1.29 is 22.7 Å². The van der Waals surface area contributed by atoms with Crippen LogP contribution in [0.4, 0.5) is 10.1 Å². The molecule has 0 spiro atoms. The monoisotopic (exact) mass is 302 g/mol. The zero-order valence-corrected chi connectivity index (χ0v) is 11.4. The first-order valence-electron chi connectivity index (χ1n) is 6.09. The number of carboxylic acid groups (broad SMARTS) is 1. The Balaban J connectivity index is 2.10. The number of sulfonamides is 1. The molecule has 0 saturated heterocycles. The molecule has 0 heterocycles. The van der Waals surface area contributed by atoms with Crippen LogP contribution in [0.25, 0.3) is 0 Å². The maximum absolute atomic E-state index is 13.8. The minimum atomic E-state index is -3.93. The number of carbonyl (C=O) groups is 1. The summed E-state index contributed by atoms with van der Waals surface area (Å²) in [5.41, 5.74) is 0.147. The maximum atomic E-state index is 13.8. The van der Waals surface area contributed by atoms with Crippen molar-refractivity contribution in [2.75, 3.05) is 5.32 Å². The first-order chi connectivity index (χ1) is 9.27. The van der Waals surface area contributed by atoms with E-state index >= 15 is 0 Å². The van der Waals surface area contributed by atoms with Crippen LogP contribution in [-0.2, 0) is 14.8 Å². The smallest absolute Gasteiger partial charge is 0.306 e. The van der Waals surface area contributed by atoms with Crippen molar-refractivity contribution in [1.82, 2.24) is 0 Å². The Morgan fingerprint density at radius 2 is 2.10 bits per heavy atom. The van der Waals surface area contributed by atoms with Crippen LogP contribution in [0.1, 0.15) is 19.3 Å². The SMILES string of the molecule is NS(=O)(=O)c1ccc(NC2CCC(C(=O)O)C2)c(F)c1. The zero-order chi connectivity index (χ0) is 14.9. The van der Waals surface area contributed by atoms with E-state index in [-0.39, 0.29) is 16.6 Å². The largest absolute Gasteiger partial charge is 0.481 e.